The summed E-state index contributed by atoms with van der Waals surface area (Å²) in [5.74, 6) is 0.693. The van der Waals surface area contributed by atoms with Gasteiger partial charge in [0.15, 0.2) is 0 Å². The van der Waals surface area contributed by atoms with Crippen molar-refractivity contribution in [1.82, 2.24) is 9.88 Å². The molecule has 1 aliphatic carbocycles. The van der Waals surface area contributed by atoms with E-state index in [4.69, 9.17) is 0 Å². The molecule has 0 radical (unpaired) electrons. The van der Waals surface area contributed by atoms with Crippen LogP contribution >= 0.6 is 11.3 Å². The molecule has 3 aromatic rings. The monoisotopic (exact) mass is 431 g/mol. The van der Waals surface area contributed by atoms with Gasteiger partial charge in [-0.3, -0.25) is 9.59 Å². The van der Waals surface area contributed by atoms with Gasteiger partial charge >= 0.3 is 0 Å². The van der Waals surface area contributed by atoms with E-state index in [2.05, 4.69) is 29.4 Å². The third-order valence-electron chi connectivity index (χ3n) is 6.67. The lowest BCUT2D eigenvalue weighted by Gasteiger charge is -2.20. The third-order valence-corrected chi connectivity index (χ3v) is 7.92. The number of hydrogen-bond acceptors (Lipinski definition) is 4. The van der Waals surface area contributed by atoms with Crippen LogP contribution in [0.2, 0.25) is 0 Å². The van der Waals surface area contributed by atoms with Crippen LogP contribution < -0.4 is 5.32 Å². The summed E-state index contributed by atoms with van der Waals surface area (Å²) in [6.07, 6.45) is 8.98. The number of thiophene rings is 1. The highest BCUT2D eigenvalue weighted by molar-refractivity contribution is 7.19. The first-order chi connectivity index (χ1) is 15.0. The minimum atomic E-state index is -0.425. The first-order valence-electron chi connectivity index (χ1n) is 10.7. The standard InChI is InChI=1S/C25H25N3O2S/c1-16-18-7-3-4-8-20(18)31-21(16)15-28(2)22(29)10-9-17-13-19-23(26-14-17)27-24(30)25(19)11-5-6-12-25/h3-4,7-10,13-14H,5-6,11-12,15H2,1-2H3,(H,26,27,30). The maximum absolute atomic E-state index is 12.7. The van der Waals surface area contributed by atoms with Gasteiger partial charge in [-0.15, -0.1) is 11.3 Å². The van der Waals surface area contributed by atoms with Crippen LogP contribution in [0.3, 0.4) is 0 Å². The molecule has 0 bridgehead atoms. The Morgan fingerprint density at radius 2 is 2.06 bits per heavy atom. The second-order valence-electron chi connectivity index (χ2n) is 8.58. The summed E-state index contributed by atoms with van der Waals surface area (Å²) >= 11 is 1.74. The summed E-state index contributed by atoms with van der Waals surface area (Å²) in [5, 5.41) is 4.19. The van der Waals surface area contributed by atoms with Crippen LogP contribution in [0.4, 0.5) is 5.82 Å². The Kier molecular flexibility index (Phi) is 4.89. The first-order valence-corrected chi connectivity index (χ1v) is 11.5. The lowest BCUT2D eigenvalue weighted by atomic mass is 9.80. The molecule has 1 N–H and O–H groups in total. The van der Waals surface area contributed by atoms with Gasteiger partial charge in [-0.2, -0.15) is 0 Å². The SMILES string of the molecule is Cc1c(CN(C)C(=O)C=Cc2cnc3c(c2)C2(CCCC2)C(=O)N3)sc2ccccc12. The van der Waals surface area contributed by atoms with E-state index in [0.29, 0.717) is 12.4 Å². The molecule has 1 saturated carbocycles. The van der Waals surface area contributed by atoms with Crippen molar-refractivity contribution in [3.63, 3.8) is 0 Å². The molecule has 1 spiro atoms. The molecule has 1 aliphatic heterocycles. The Labute approximate surface area is 185 Å². The Hall–Kier alpha value is -2.99. The normalized spacial score (nSPS) is 16.9. The lowest BCUT2D eigenvalue weighted by Crippen LogP contribution is -2.30. The molecular weight excluding hydrogens is 406 g/mol. The van der Waals surface area contributed by atoms with Crippen LogP contribution in [0.1, 0.15) is 47.3 Å². The Balaban J connectivity index is 1.32. The molecular formula is C25H25N3O2S. The summed E-state index contributed by atoms with van der Waals surface area (Å²) < 4.78 is 1.25. The molecule has 2 aliphatic rings. The van der Waals surface area contributed by atoms with Crippen molar-refractivity contribution in [2.45, 2.75) is 44.6 Å². The number of rotatable bonds is 4. The number of aryl methyl sites for hydroxylation is 1. The first kappa shape index (κ1) is 19.9. The van der Waals surface area contributed by atoms with E-state index < -0.39 is 5.41 Å². The maximum atomic E-state index is 12.7. The van der Waals surface area contributed by atoms with E-state index in [1.807, 2.05) is 25.2 Å². The van der Waals surface area contributed by atoms with Crippen molar-refractivity contribution in [2.75, 3.05) is 12.4 Å². The fourth-order valence-corrected chi connectivity index (χ4v) is 6.09. The van der Waals surface area contributed by atoms with Crippen molar-refractivity contribution in [2.24, 2.45) is 0 Å². The number of likely N-dealkylation sites (N-methyl/N-ethyl adjacent to an activating group) is 1. The van der Waals surface area contributed by atoms with Crippen LogP contribution in [0.5, 0.6) is 0 Å². The van der Waals surface area contributed by atoms with E-state index in [-0.39, 0.29) is 11.8 Å². The van der Waals surface area contributed by atoms with Crippen LogP contribution in [-0.4, -0.2) is 28.7 Å². The molecule has 2 amide bonds. The molecule has 1 aromatic carbocycles. The average molecular weight is 432 g/mol. The summed E-state index contributed by atoms with van der Waals surface area (Å²) in [5.41, 5.74) is 2.65. The predicted octanol–water partition coefficient (Wildman–Crippen LogP) is 5.04. The van der Waals surface area contributed by atoms with Gasteiger partial charge in [0.05, 0.1) is 12.0 Å². The van der Waals surface area contributed by atoms with Gasteiger partial charge in [-0.1, -0.05) is 31.0 Å². The van der Waals surface area contributed by atoms with Gasteiger partial charge < -0.3 is 10.2 Å². The maximum Gasteiger partial charge on any atom is 0.246 e. The van der Waals surface area contributed by atoms with Crippen molar-refractivity contribution in [1.29, 1.82) is 0 Å². The number of aromatic nitrogens is 1. The lowest BCUT2D eigenvalue weighted by molar-refractivity contribution is -0.125. The van der Waals surface area contributed by atoms with Crippen molar-refractivity contribution in [3.8, 4) is 0 Å². The molecule has 0 unspecified atom stereocenters. The Morgan fingerprint density at radius 1 is 1.29 bits per heavy atom. The number of nitrogens with one attached hydrogen (secondary N) is 1. The average Bonchev–Trinajstić information content (AvgIpc) is 3.46. The van der Waals surface area contributed by atoms with Crippen LogP contribution in [-0.2, 0) is 21.5 Å². The second kappa shape index (κ2) is 7.61. The molecule has 5 rings (SSSR count). The number of amides is 2. The van der Waals surface area contributed by atoms with Gasteiger partial charge in [0.25, 0.3) is 0 Å². The van der Waals surface area contributed by atoms with Gasteiger partial charge in [-0.05, 0) is 54.5 Å². The highest BCUT2D eigenvalue weighted by Gasteiger charge is 2.49. The van der Waals surface area contributed by atoms with Crippen LogP contribution in [0.15, 0.2) is 42.6 Å². The molecule has 0 saturated heterocycles. The quantitative estimate of drug-likeness (QED) is 0.589. The van der Waals surface area contributed by atoms with Gasteiger partial charge in [0.1, 0.15) is 5.82 Å². The number of anilines is 1. The molecule has 5 nitrogen and oxygen atoms in total. The third kappa shape index (κ3) is 3.35. The zero-order chi connectivity index (χ0) is 21.6. The molecule has 6 heteroatoms. The molecule has 3 heterocycles. The van der Waals surface area contributed by atoms with Crippen molar-refractivity contribution in [3.05, 3.63) is 64.2 Å². The van der Waals surface area contributed by atoms with E-state index in [1.165, 1.54) is 20.5 Å². The zero-order valence-corrected chi connectivity index (χ0v) is 18.6. The van der Waals surface area contributed by atoms with Gasteiger partial charge in [-0.25, -0.2) is 4.98 Å². The minimum Gasteiger partial charge on any atom is -0.337 e. The fraction of sp³-hybridized carbons (Fsp3) is 0.320. The zero-order valence-electron chi connectivity index (χ0n) is 17.8. The Bertz CT molecular complexity index is 1220. The number of hydrogen-bond donors (Lipinski definition) is 1. The highest BCUT2D eigenvalue weighted by atomic mass is 32.1. The van der Waals surface area contributed by atoms with Gasteiger partial charge in [0, 0.05) is 34.5 Å². The molecule has 31 heavy (non-hydrogen) atoms. The molecule has 158 valence electrons. The summed E-state index contributed by atoms with van der Waals surface area (Å²) in [6, 6.07) is 10.4. The number of carbonyl (C=O) groups excluding carboxylic acids is 2. The highest BCUT2D eigenvalue weighted by Crippen LogP contribution is 2.48. The van der Waals surface area contributed by atoms with E-state index in [0.717, 1.165) is 36.8 Å². The number of carbonyl (C=O) groups is 2. The van der Waals surface area contributed by atoms with Crippen LogP contribution in [0, 0.1) is 6.92 Å². The smallest absolute Gasteiger partial charge is 0.246 e. The van der Waals surface area contributed by atoms with E-state index >= 15 is 0 Å². The summed E-state index contributed by atoms with van der Waals surface area (Å²) in [4.78, 5) is 32.7. The number of fused-ring (bicyclic) bond motifs is 3. The van der Waals surface area contributed by atoms with E-state index in [1.54, 1.807) is 34.6 Å². The number of benzene rings is 1. The molecule has 0 atom stereocenters. The Morgan fingerprint density at radius 3 is 2.84 bits per heavy atom. The number of nitrogens with zero attached hydrogens (tertiary/aromatic N) is 2. The number of pyridine rings is 1. The topological polar surface area (TPSA) is 62.3 Å². The van der Waals surface area contributed by atoms with Crippen molar-refractivity contribution < 1.29 is 9.59 Å². The summed E-state index contributed by atoms with van der Waals surface area (Å²) in [6.45, 7) is 2.70. The van der Waals surface area contributed by atoms with Crippen molar-refractivity contribution >= 4 is 45.1 Å². The second-order valence-corrected chi connectivity index (χ2v) is 9.72. The van der Waals surface area contributed by atoms with E-state index in [9.17, 15) is 9.59 Å². The summed E-state index contributed by atoms with van der Waals surface area (Å²) in [7, 11) is 1.83. The fourth-order valence-electron chi connectivity index (χ4n) is 4.82. The van der Waals surface area contributed by atoms with Gasteiger partial charge in [0.2, 0.25) is 11.8 Å². The predicted molar refractivity (Wildman–Crippen MR) is 125 cm³/mol. The molecule has 2 aromatic heterocycles. The minimum absolute atomic E-state index is 0.0536. The van der Waals surface area contributed by atoms with Crippen LogP contribution in [0.25, 0.3) is 16.2 Å². The largest absolute Gasteiger partial charge is 0.337 e. The molecule has 1 fully saturated rings.